The summed E-state index contributed by atoms with van der Waals surface area (Å²) in [5, 5.41) is 19.6. The average Bonchev–Trinajstić information content (AvgIpc) is 3.34. The van der Waals surface area contributed by atoms with Crippen LogP contribution < -0.4 is 9.47 Å². The normalized spacial score (nSPS) is 13.0. The van der Waals surface area contributed by atoms with Crippen LogP contribution in [0.5, 0.6) is 11.5 Å². The number of aliphatic carboxylic acids is 1. The maximum atomic E-state index is 11.9. The van der Waals surface area contributed by atoms with E-state index in [1.807, 2.05) is 23.6 Å². The summed E-state index contributed by atoms with van der Waals surface area (Å²) in [7, 11) is 0. The molecule has 0 radical (unpaired) electrons. The fraction of sp³-hybridized carbons (Fsp3) is 0.150. The molecule has 0 saturated carbocycles. The van der Waals surface area contributed by atoms with Gasteiger partial charge in [0.2, 0.25) is 6.79 Å². The number of carboxylic acid groups (broad SMARTS) is 1. The molecule has 7 nitrogen and oxygen atoms in total. The first-order valence-electron chi connectivity index (χ1n) is 8.87. The highest BCUT2D eigenvalue weighted by molar-refractivity contribution is 8.04. The number of ether oxygens (including phenoxy) is 2. The fourth-order valence-corrected chi connectivity index (χ4v) is 4.09. The van der Waals surface area contributed by atoms with Crippen LogP contribution in [0.25, 0.3) is 17.5 Å². The van der Waals surface area contributed by atoms with Gasteiger partial charge in [0.15, 0.2) is 22.5 Å². The monoisotopic (exact) mass is 463 g/mol. The lowest BCUT2D eigenvalue weighted by Crippen LogP contribution is -2.02. The first-order chi connectivity index (χ1) is 14.5. The van der Waals surface area contributed by atoms with E-state index in [0.29, 0.717) is 44.6 Å². The summed E-state index contributed by atoms with van der Waals surface area (Å²) in [6.07, 6.45) is 1.48. The van der Waals surface area contributed by atoms with Crippen LogP contribution in [0.15, 0.2) is 46.5 Å². The molecule has 0 atom stereocenters. The quantitative estimate of drug-likeness (QED) is 0.396. The average molecular weight is 464 g/mol. The molecule has 0 saturated heterocycles. The van der Waals surface area contributed by atoms with Crippen molar-refractivity contribution >= 4 is 47.0 Å². The van der Waals surface area contributed by atoms with Gasteiger partial charge in [-0.05, 0) is 60.7 Å². The molecule has 0 unspecified atom stereocenters. The zero-order valence-electron chi connectivity index (χ0n) is 15.6. The summed E-state index contributed by atoms with van der Waals surface area (Å²) >= 11 is 13.2. The van der Waals surface area contributed by atoms with Crippen LogP contribution in [0, 0.1) is 0 Å². The number of hydrogen-bond acceptors (Lipinski definition) is 6. The molecular formula is C20H15Cl2N3O4S. The number of benzene rings is 2. The summed E-state index contributed by atoms with van der Waals surface area (Å²) in [4.78, 5) is 11.9. The van der Waals surface area contributed by atoms with Gasteiger partial charge in [-0.1, -0.05) is 23.2 Å². The number of halogens is 2. The topological polar surface area (TPSA) is 86.5 Å². The molecule has 3 aromatic rings. The molecule has 4 rings (SSSR count). The van der Waals surface area contributed by atoms with Crippen LogP contribution in [0.1, 0.15) is 12.5 Å². The lowest BCUT2D eigenvalue weighted by molar-refractivity contribution is -0.131. The Balaban J connectivity index is 1.68. The standard InChI is InChI=1S/C20H15Cl2N3O4S/c1-2-25-18(11-3-5-13(21)6-4-11)23-24-20(25)30-17(19(26)27)8-12-7-15-16(9-14(12)22)29-10-28-15/h3-9H,2,10H2,1H3,(H,26,27)/b17-8-. The van der Waals surface area contributed by atoms with Gasteiger partial charge in [-0.2, -0.15) is 0 Å². The molecule has 0 bridgehead atoms. The molecule has 0 amide bonds. The molecule has 2 heterocycles. The molecule has 0 fully saturated rings. The van der Waals surface area contributed by atoms with Crippen molar-refractivity contribution in [1.82, 2.24) is 14.8 Å². The zero-order valence-corrected chi connectivity index (χ0v) is 18.0. The van der Waals surface area contributed by atoms with E-state index < -0.39 is 5.97 Å². The summed E-state index contributed by atoms with van der Waals surface area (Å²) in [6, 6.07) is 10.5. The highest BCUT2D eigenvalue weighted by Gasteiger charge is 2.20. The van der Waals surface area contributed by atoms with Crippen molar-refractivity contribution < 1.29 is 19.4 Å². The van der Waals surface area contributed by atoms with E-state index in [0.717, 1.165) is 17.3 Å². The zero-order chi connectivity index (χ0) is 21.3. The maximum Gasteiger partial charge on any atom is 0.342 e. The largest absolute Gasteiger partial charge is 0.477 e. The van der Waals surface area contributed by atoms with Crippen molar-refractivity contribution in [2.45, 2.75) is 18.6 Å². The molecular weight excluding hydrogens is 449 g/mol. The second kappa shape index (κ2) is 8.59. The third kappa shape index (κ3) is 4.12. The molecule has 1 N–H and O–H groups in total. The predicted octanol–water partition coefficient (Wildman–Crippen LogP) is 5.22. The first kappa shape index (κ1) is 20.6. The second-order valence-corrected chi connectivity index (χ2v) is 8.05. The minimum Gasteiger partial charge on any atom is -0.477 e. The number of hydrogen-bond donors (Lipinski definition) is 1. The summed E-state index contributed by atoms with van der Waals surface area (Å²) < 4.78 is 12.5. The fourth-order valence-electron chi connectivity index (χ4n) is 2.88. The van der Waals surface area contributed by atoms with E-state index in [-0.39, 0.29) is 11.7 Å². The first-order valence-corrected chi connectivity index (χ1v) is 10.4. The molecule has 2 aromatic carbocycles. The van der Waals surface area contributed by atoms with Gasteiger partial charge in [-0.25, -0.2) is 4.79 Å². The number of nitrogens with zero attached hydrogens (tertiary/aromatic N) is 3. The van der Waals surface area contributed by atoms with Crippen LogP contribution in [0.3, 0.4) is 0 Å². The Labute approximate surface area is 186 Å². The molecule has 30 heavy (non-hydrogen) atoms. The smallest absolute Gasteiger partial charge is 0.342 e. The molecule has 154 valence electrons. The van der Waals surface area contributed by atoms with Gasteiger partial charge >= 0.3 is 5.97 Å². The Morgan fingerprint density at radius 1 is 1.20 bits per heavy atom. The Morgan fingerprint density at radius 3 is 2.57 bits per heavy atom. The molecule has 10 heteroatoms. The van der Waals surface area contributed by atoms with Gasteiger partial charge < -0.3 is 19.1 Å². The van der Waals surface area contributed by atoms with E-state index in [9.17, 15) is 9.90 Å². The van der Waals surface area contributed by atoms with Crippen molar-refractivity contribution in [2.75, 3.05) is 6.79 Å². The van der Waals surface area contributed by atoms with Gasteiger partial charge in [0.05, 0.1) is 5.02 Å². The van der Waals surface area contributed by atoms with E-state index in [4.69, 9.17) is 32.7 Å². The van der Waals surface area contributed by atoms with Gasteiger partial charge in [-0.15, -0.1) is 10.2 Å². The van der Waals surface area contributed by atoms with Gasteiger partial charge in [-0.3, -0.25) is 0 Å². The highest BCUT2D eigenvalue weighted by atomic mass is 35.5. The van der Waals surface area contributed by atoms with Crippen molar-refractivity contribution in [1.29, 1.82) is 0 Å². The van der Waals surface area contributed by atoms with Crippen LogP contribution in [0.4, 0.5) is 0 Å². The van der Waals surface area contributed by atoms with Gasteiger partial charge in [0, 0.05) is 23.2 Å². The summed E-state index contributed by atoms with van der Waals surface area (Å²) in [5.74, 6) is 0.567. The van der Waals surface area contributed by atoms with E-state index in [1.54, 1.807) is 24.3 Å². The summed E-state index contributed by atoms with van der Waals surface area (Å²) in [6.45, 7) is 2.60. The van der Waals surface area contributed by atoms with Crippen molar-refractivity contribution in [3.8, 4) is 22.9 Å². The number of carboxylic acids is 1. The minimum absolute atomic E-state index is 0.0421. The minimum atomic E-state index is -1.10. The van der Waals surface area contributed by atoms with Crippen LogP contribution >= 0.6 is 35.0 Å². The molecule has 1 aromatic heterocycles. The van der Waals surface area contributed by atoms with Gasteiger partial charge in [0.1, 0.15) is 4.91 Å². The van der Waals surface area contributed by atoms with E-state index in [2.05, 4.69) is 10.2 Å². The molecule has 0 spiro atoms. The molecule has 1 aliphatic heterocycles. The number of thioether (sulfide) groups is 1. The van der Waals surface area contributed by atoms with Crippen LogP contribution in [0.2, 0.25) is 10.0 Å². The number of carbonyl (C=O) groups is 1. The third-order valence-corrected chi connectivity index (χ3v) is 5.90. The molecule has 0 aliphatic carbocycles. The lowest BCUT2D eigenvalue weighted by Gasteiger charge is -2.08. The number of aromatic nitrogens is 3. The number of rotatable bonds is 6. The van der Waals surface area contributed by atoms with Gasteiger partial charge in [0.25, 0.3) is 0 Å². The van der Waals surface area contributed by atoms with Crippen LogP contribution in [-0.2, 0) is 11.3 Å². The lowest BCUT2D eigenvalue weighted by atomic mass is 10.2. The second-order valence-electron chi connectivity index (χ2n) is 6.20. The maximum absolute atomic E-state index is 11.9. The van der Waals surface area contributed by atoms with Crippen LogP contribution in [-0.4, -0.2) is 32.6 Å². The van der Waals surface area contributed by atoms with Crippen molar-refractivity contribution in [3.05, 3.63) is 56.9 Å². The Morgan fingerprint density at radius 2 is 1.90 bits per heavy atom. The Kier molecular flexibility index (Phi) is 5.90. The van der Waals surface area contributed by atoms with E-state index in [1.165, 1.54) is 6.08 Å². The number of fused-ring (bicyclic) bond motifs is 1. The van der Waals surface area contributed by atoms with E-state index >= 15 is 0 Å². The predicted molar refractivity (Wildman–Crippen MR) is 115 cm³/mol. The Hall–Kier alpha value is -2.68. The molecule has 1 aliphatic rings. The van der Waals surface area contributed by atoms with Crippen molar-refractivity contribution in [3.63, 3.8) is 0 Å². The Bertz CT molecular complexity index is 1150. The van der Waals surface area contributed by atoms with Crippen molar-refractivity contribution in [2.24, 2.45) is 0 Å². The summed E-state index contributed by atoms with van der Waals surface area (Å²) in [5.41, 5.74) is 1.34. The third-order valence-electron chi connectivity index (χ3n) is 4.33. The highest BCUT2D eigenvalue weighted by Crippen LogP contribution is 2.39. The SMILES string of the molecule is CCn1c(S/C(=C\c2cc3c(cc2Cl)OCO3)C(=O)O)nnc1-c1ccc(Cl)cc1.